The van der Waals surface area contributed by atoms with Crippen molar-refractivity contribution >= 4 is 22.1 Å². The maximum atomic E-state index is 6.47. The van der Waals surface area contributed by atoms with E-state index in [9.17, 15) is 0 Å². The van der Waals surface area contributed by atoms with Crippen LogP contribution in [-0.4, -0.2) is 15.0 Å². The van der Waals surface area contributed by atoms with Gasteiger partial charge in [0, 0.05) is 43.4 Å². The van der Waals surface area contributed by atoms with Gasteiger partial charge < -0.3 is 14.4 Å². The Morgan fingerprint density at radius 2 is 1.43 bits per heavy atom. The summed E-state index contributed by atoms with van der Waals surface area (Å²) >= 11 is 0. The van der Waals surface area contributed by atoms with Crippen LogP contribution in [0.4, 0.5) is 0 Å². The Labute approximate surface area is 304 Å². The van der Waals surface area contributed by atoms with E-state index in [2.05, 4.69) is 115 Å². The Morgan fingerprint density at radius 1 is 0.694 bits per heavy atom. The number of hydrogen-bond acceptors (Lipinski definition) is 4. The van der Waals surface area contributed by atoms with Gasteiger partial charge in [0.25, 0.3) is 0 Å². The average Bonchev–Trinajstić information content (AvgIpc) is 3.47. The number of rotatable bonds is 5. The van der Waals surface area contributed by atoms with Crippen molar-refractivity contribution in [2.45, 2.75) is 72.6 Å². The summed E-state index contributed by atoms with van der Waals surface area (Å²) in [7, 11) is 0. The van der Waals surface area contributed by atoms with Gasteiger partial charge in [-0.1, -0.05) is 95.8 Å². The van der Waals surface area contributed by atoms with Crippen molar-refractivity contribution in [2.75, 3.05) is 0 Å². The number of benzene rings is 3. The van der Waals surface area contributed by atoms with Crippen molar-refractivity contribution < 1.29 is 24.5 Å². The molecule has 0 amide bonds. The molecule has 4 aromatic heterocycles. The molecule has 3 aromatic carbocycles. The van der Waals surface area contributed by atoms with E-state index in [1.165, 1.54) is 27.8 Å². The molecule has 49 heavy (non-hydrogen) atoms. The maximum Gasteiger partial charge on any atom is 0.216 e. The van der Waals surface area contributed by atoms with Crippen molar-refractivity contribution in [3.8, 4) is 33.8 Å². The molecule has 0 N–H and O–H groups in total. The Balaban J connectivity index is 0.000000303. The molecule has 1 radical (unpaired) electrons. The topological polar surface area (TPSA) is 51.8 Å². The number of aromatic nitrogens is 3. The third-order valence-electron chi connectivity index (χ3n) is 8.74. The summed E-state index contributed by atoms with van der Waals surface area (Å²) in [6.07, 6.45) is 3.74. The van der Waals surface area contributed by atoms with Gasteiger partial charge in [0.1, 0.15) is 0 Å². The minimum absolute atomic E-state index is 0. The fraction of sp³-hybridized carbons (Fsp3) is 0.250. The van der Waals surface area contributed by atoms with Crippen LogP contribution in [0.2, 0.25) is 0 Å². The molecule has 4 heterocycles. The van der Waals surface area contributed by atoms with E-state index in [1.807, 2.05) is 54.7 Å². The predicted molar refractivity (Wildman–Crippen MR) is 199 cm³/mol. The SMILES string of the molecule is Cc1cnc(-c2[c-]ccc3c2oc2nc(-c4c(C(C)C)cccc4C(C)C)ccc23)cc1C(C)(C)C.[Ir].[c-]1ccccc1-c1ccccn1. The van der Waals surface area contributed by atoms with Gasteiger partial charge in [-0.3, -0.25) is 0 Å². The van der Waals surface area contributed by atoms with Gasteiger partial charge in [-0.2, -0.15) is 0 Å². The quantitative estimate of drug-likeness (QED) is 0.162. The van der Waals surface area contributed by atoms with Crippen molar-refractivity contribution in [3.05, 3.63) is 138 Å². The third-order valence-corrected chi connectivity index (χ3v) is 8.74. The number of nitrogens with zero attached hydrogens (tertiary/aromatic N) is 3. The summed E-state index contributed by atoms with van der Waals surface area (Å²) in [6, 6.07) is 37.3. The zero-order chi connectivity index (χ0) is 34.0. The summed E-state index contributed by atoms with van der Waals surface area (Å²) in [5, 5.41) is 2.05. The molecule has 7 aromatic rings. The Hall–Kier alpha value is -4.44. The van der Waals surface area contributed by atoms with Crippen LogP contribution in [0.15, 0.2) is 108 Å². The largest absolute Gasteiger partial charge is 0.486 e. The number of pyridine rings is 3. The minimum atomic E-state index is 0. The van der Waals surface area contributed by atoms with E-state index in [0.717, 1.165) is 44.6 Å². The molecule has 0 aliphatic heterocycles. The first kappa shape index (κ1) is 35.9. The Kier molecular flexibility index (Phi) is 11.0. The monoisotopic (exact) mass is 822 g/mol. The second-order valence-electron chi connectivity index (χ2n) is 14.0. The predicted octanol–water partition coefficient (Wildman–Crippen LogP) is 11.9. The van der Waals surface area contributed by atoms with E-state index in [1.54, 1.807) is 6.20 Å². The number of aryl methyl sites for hydroxylation is 1. The summed E-state index contributed by atoms with van der Waals surface area (Å²) in [4.78, 5) is 14.0. The molecule has 0 fully saturated rings. The second-order valence-corrected chi connectivity index (χ2v) is 14.0. The summed E-state index contributed by atoms with van der Waals surface area (Å²) in [5.74, 6) is 0.801. The molecule has 251 valence electrons. The van der Waals surface area contributed by atoms with Crippen LogP contribution in [0.3, 0.4) is 0 Å². The second kappa shape index (κ2) is 15.0. The van der Waals surface area contributed by atoms with E-state index >= 15 is 0 Å². The molecule has 0 aliphatic rings. The van der Waals surface area contributed by atoms with Crippen molar-refractivity contribution in [3.63, 3.8) is 0 Å². The third kappa shape index (κ3) is 7.59. The van der Waals surface area contributed by atoms with Gasteiger partial charge in [-0.15, -0.1) is 54.1 Å². The molecular weight excluding hydrogens is 779 g/mol. The fourth-order valence-corrected chi connectivity index (χ4v) is 6.34. The van der Waals surface area contributed by atoms with Crippen LogP contribution >= 0.6 is 0 Å². The van der Waals surface area contributed by atoms with Gasteiger partial charge in [0.15, 0.2) is 0 Å². The van der Waals surface area contributed by atoms with Gasteiger partial charge in [-0.25, -0.2) is 4.98 Å². The van der Waals surface area contributed by atoms with E-state index in [0.29, 0.717) is 17.5 Å². The van der Waals surface area contributed by atoms with Crippen molar-refractivity contribution in [1.82, 2.24) is 15.0 Å². The zero-order valence-corrected chi connectivity index (χ0v) is 31.9. The van der Waals surface area contributed by atoms with Crippen LogP contribution in [0, 0.1) is 19.1 Å². The van der Waals surface area contributed by atoms with Crippen LogP contribution in [0.5, 0.6) is 0 Å². The molecule has 0 saturated carbocycles. The molecule has 0 saturated heterocycles. The van der Waals surface area contributed by atoms with Gasteiger partial charge >= 0.3 is 0 Å². The molecular formula is C44H43IrN3O-2. The fourth-order valence-electron chi connectivity index (χ4n) is 6.34. The molecule has 0 aliphatic carbocycles. The summed E-state index contributed by atoms with van der Waals surface area (Å²) in [5.41, 5.74) is 12.5. The standard InChI is InChI=1S/C33H35N2O.C11H8N.Ir/c1-19(2)22-11-9-12-23(20(3)4)30(22)28-16-15-25-24-13-10-14-26(31(24)36-32(25)35-28)29-17-27(33(6,7)8)21(5)18-34-29;1-2-6-10(7-3-1)11-8-4-5-9-12-11;/h9-13,15-20H,1-8H3;1-6,8-9H;/q2*-1;. The van der Waals surface area contributed by atoms with Gasteiger partial charge in [0.2, 0.25) is 5.71 Å². The van der Waals surface area contributed by atoms with Crippen LogP contribution in [-0.2, 0) is 25.5 Å². The Bertz CT molecular complexity index is 2110. The first-order chi connectivity index (χ1) is 23.0. The number of fused-ring (bicyclic) bond motifs is 3. The van der Waals surface area contributed by atoms with E-state index < -0.39 is 0 Å². The molecule has 0 bridgehead atoms. The number of hydrogen-bond donors (Lipinski definition) is 0. The summed E-state index contributed by atoms with van der Waals surface area (Å²) in [6.45, 7) is 17.8. The van der Waals surface area contributed by atoms with Crippen molar-refractivity contribution in [2.24, 2.45) is 0 Å². The molecule has 0 spiro atoms. The van der Waals surface area contributed by atoms with Gasteiger partial charge in [-0.05, 0) is 76.0 Å². The van der Waals surface area contributed by atoms with Crippen LogP contribution in [0.25, 0.3) is 55.8 Å². The number of furan rings is 1. The van der Waals surface area contributed by atoms with E-state index in [4.69, 9.17) is 14.4 Å². The molecule has 0 unspecified atom stereocenters. The van der Waals surface area contributed by atoms with Crippen LogP contribution < -0.4 is 0 Å². The minimum Gasteiger partial charge on any atom is -0.486 e. The Morgan fingerprint density at radius 3 is 2.06 bits per heavy atom. The maximum absolute atomic E-state index is 6.47. The molecule has 5 heteroatoms. The van der Waals surface area contributed by atoms with Crippen LogP contribution in [0.1, 0.15) is 82.6 Å². The van der Waals surface area contributed by atoms with Gasteiger partial charge in [0.05, 0.1) is 11.3 Å². The summed E-state index contributed by atoms with van der Waals surface area (Å²) < 4.78 is 6.47. The smallest absolute Gasteiger partial charge is 0.216 e. The van der Waals surface area contributed by atoms with E-state index in [-0.39, 0.29) is 25.5 Å². The van der Waals surface area contributed by atoms with Crippen molar-refractivity contribution in [1.29, 1.82) is 0 Å². The molecule has 4 nitrogen and oxygen atoms in total. The first-order valence-electron chi connectivity index (χ1n) is 16.8. The average molecular weight is 822 g/mol. The normalized spacial score (nSPS) is 11.5. The zero-order valence-electron chi connectivity index (χ0n) is 29.6. The molecule has 0 atom stereocenters. The molecule has 7 rings (SSSR count). The first-order valence-corrected chi connectivity index (χ1v) is 16.8.